The van der Waals surface area contributed by atoms with Crippen LogP contribution in [0.5, 0.6) is 0 Å². The van der Waals surface area contributed by atoms with Gasteiger partial charge in [-0.1, -0.05) is 10.3 Å². The first kappa shape index (κ1) is 9.15. The summed E-state index contributed by atoms with van der Waals surface area (Å²) in [5.74, 6) is 0. The van der Waals surface area contributed by atoms with E-state index in [0.717, 1.165) is 24.5 Å². The molecule has 1 rings (SSSR count). The monoisotopic (exact) mass is 170 g/mol. The predicted molar refractivity (Wildman–Crippen MR) is 44.4 cm³/mol. The van der Waals surface area contributed by atoms with Crippen molar-refractivity contribution in [3.8, 4) is 0 Å². The average Bonchev–Trinajstić information content (AvgIpc) is 2.37. The third-order valence-electron chi connectivity index (χ3n) is 1.68. The molecule has 0 amide bonds. The molecule has 0 aliphatic rings. The standard InChI is InChI=1S/C7H14N4O/c1-6-7(10-12-9-6)5-11(2)4-3-8/h3-5,8H2,1-2H3. The lowest BCUT2D eigenvalue weighted by molar-refractivity contribution is 0.285. The Morgan fingerprint density at radius 2 is 2.25 bits per heavy atom. The first-order chi connectivity index (χ1) is 5.74. The topological polar surface area (TPSA) is 68.2 Å². The van der Waals surface area contributed by atoms with Gasteiger partial charge in [0.15, 0.2) is 0 Å². The van der Waals surface area contributed by atoms with Crippen molar-refractivity contribution < 1.29 is 4.63 Å². The van der Waals surface area contributed by atoms with Crippen LogP contribution in [0.1, 0.15) is 11.4 Å². The molecule has 0 aromatic carbocycles. The van der Waals surface area contributed by atoms with Gasteiger partial charge in [-0.05, 0) is 14.0 Å². The molecule has 0 aliphatic heterocycles. The second kappa shape index (κ2) is 4.18. The fourth-order valence-corrected chi connectivity index (χ4v) is 0.948. The summed E-state index contributed by atoms with van der Waals surface area (Å²) in [4.78, 5) is 2.08. The average molecular weight is 170 g/mol. The van der Waals surface area contributed by atoms with Gasteiger partial charge in [0.1, 0.15) is 11.4 Å². The lowest BCUT2D eigenvalue weighted by Crippen LogP contribution is -2.25. The first-order valence-electron chi connectivity index (χ1n) is 3.90. The van der Waals surface area contributed by atoms with Crippen molar-refractivity contribution in [2.75, 3.05) is 20.1 Å². The minimum atomic E-state index is 0.654. The van der Waals surface area contributed by atoms with Gasteiger partial charge in [0.2, 0.25) is 0 Å². The molecule has 0 spiro atoms. The zero-order valence-electron chi connectivity index (χ0n) is 7.45. The molecule has 68 valence electrons. The summed E-state index contributed by atoms with van der Waals surface area (Å²) in [6, 6.07) is 0. The number of likely N-dealkylation sites (N-methyl/N-ethyl adjacent to an activating group) is 1. The first-order valence-corrected chi connectivity index (χ1v) is 3.90. The van der Waals surface area contributed by atoms with Gasteiger partial charge in [-0.3, -0.25) is 4.90 Å². The van der Waals surface area contributed by atoms with Gasteiger partial charge in [0.05, 0.1) is 0 Å². The highest BCUT2D eigenvalue weighted by Gasteiger charge is 2.06. The SMILES string of the molecule is Cc1nonc1CN(C)CCN. The highest BCUT2D eigenvalue weighted by molar-refractivity contribution is 5.03. The van der Waals surface area contributed by atoms with Crippen LogP contribution in [0, 0.1) is 6.92 Å². The van der Waals surface area contributed by atoms with E-state index >= 15 is 0 Å². The van der Waals surface area contributed by atoms with Crippen molar-refractivity contribution in [1.82, 2.24) is 15.2 Å². The van der Waals surface area contributed by atoms with Crippen LogP contribution in [-0.2, 0) is 6.54 Å². The molecular weight excluding hydrogens is 156 g/mol. The van der Waals surface area contributed by atoms with Crippen LogP contribution in [0.3, 0.4) is 0 Å². The van der Waals surface area contributed by atoms with Crippen molar-refractivity contribution in [3.05, 3.63) is 11.4 Å². The zero-order valence-corrected chi connectivity index (χ0v) is 7.45. The zero-order chi connectivity index (χ0) is 8.97. The minimum Gasteiger partial charge on any atom is -0.329 e. The van der Waals surface area contributed by atoms with Gasteiger partial charge in [-0.25, -0.2) is 4.63 Å². The normalized spacial score (nSPS) is 11.0. The molecule has 5 nitrogen and oxygen atoms in total. The summed E-state index contributed by atoms with van der Waals surface area (Å²) in [5.41, 5.74) is 7.12. The van der Waals surface area contributed by atoms with E-state index in [1.807, 2.05) is 14.0 Å². The van der Waals surface area contributed by atoms with Crippen LogP contribution in [-0.4, -0.2) is 35.4 Å². The Kier molecular flexibility index (Phi) is 3.19. The maximum absolute atomic E-state index is 5.40. The fourth-order valence-electron chi connectivity index (χ4n) is 0.948. The minimum absolute atomic E-state index is 0.654. The summed E-state index contributed by atoms with van der Waals surface area (Å²) in [6.07, 6.45) is 0. The number of nitrogens with zero attached hydrogens (tertiary/aromatic N) is 3. The number of aromatic nitrogens is 2. The molecule has 0 atom stereocenters. The summed E-state index contributed by atoms with van der Waals surface area (Å²) in [7, 11) is 1.99. The van der Waals surface area contributed by atoms with Gasteiger partial charge in [-0.2, -0.15) is 0 Å². The third kappa shape index (κ3) is 2.28. The molecule has 0 saturated heterocycles. The Balaban J connectivity index is 2.46. The van der Waals surface area contributed by atoms with Crippen molar-refractivity contribution in [2.24, 2.45) is 5.73 Å². The summed E-state index contributed by atoms with van der Waals surface area (Å²) in [6.45, 7) is 4.13. The highest BCUT2D eigenvalue weighted by Crippen LogP contribution is 2.02. The molecule has 0 aliphatic carbocycles. The fraction of sp³-hybridized carbons (Fsp3) is 0.714. The molecule has 1 heterocycles. The molecule has 0 saturated carbocycles. The third-order valence-corrected chi connectivity index (χ3v) is 1.68. The van der Waals surface area contributed by atoms with Crippen LogP contribution in [0.15, 0.2) is 4.63 Å². The van der Waals surface area contributed by atoms with Crippen molar-refractivity contribution in [2.45, 2.75) is 13.5 Å². The molecule has 1 aromatic heterocycles. The van der Waals surface area contributed by atoms with Gasteiger partial charge in [-0.15, -0.1) is 0 Å². The van der Waals surface area contributed by atoms with E-state index in [1.165, 1.54) is 0 Å². The van der Waals surface area contributed by atoms with Crippen LogP contribution in [0.4, 0.5) is 0 Å². The van der Waals surface area contributed by atoms with Gasteiger partial charge < -0.3 is 5.73 Å². The van der Waals surface area contributed by atoms with E-state index in [1.54, 1.807) is 0 Å². The van der Waals surface area contributed by atoms with Gasteiger partial charge >= 0.3 is 0 Å². The Hall–Kier alpha value is -0.940. The summed E-state index contributed by atoms with van der Waals surface area (Å²) < 4.78 is 4.57. The second-order valence-corrected chi connectivity index (χ2v) is 2.82. The Bertz CT molecular complexity index is 235. The Morgan fingerprint density at radius 3 is 2.75 bits per heavy atom. The molecule has 5 heteroatoms. The molecule has 2 N–H and O–H groups in total. The summed E-state index contributed by atoms with van der Waals surface area (Å²) >= 11 is 0. The van der Waals surface area contributed by atoms with E-state index in [0.29, 0.717) is 6.54 Å². The molecule has 0 fully saturated rings. The number of hydrogen-bond donors (Lipinski definition) is 1. The number of hydrogen-bond acceptors (Lipinski definition) is 5. The lowest BCUT2D eigenvalue weighted by atomic mass is 10.3. The van der Waals surface area contributed by atoms with E-state index in [9.17, 15) is 0 Å². The van der Waals surface area contributed by atoms with E-state index in [2.05, 4.69) is 19.8 Å². The van der Waals surface area contributed by atoms with Crippen LogP contribution < -0.4 is 5.73 Å². The van der Waals surface area contributed by atoms with Gasteiger partial charge in [0.25, 0.3) is 0 Å². The van der Waals surface area contributed by atoms with E-state index in [-0.39, 0.29) is 0 Å². The van der Waals surface area contributed by atoms with E-state index in [4.69, 9.17) is 5.73 Å². The molecule has 0 bridgehead atoms. The molecular formula is C7H14N4O. The van der Waals surface area contributed by atoms with E-state index < -0.39 is 0 Å². The molecule has 0 unspecified atom stereocenters. The maximum atomic E-state index is 5.40. The lowest BCUT2D eigenvalue weighted by Gasteiger charge is -2.12. The second-order valence-electron chi connectivity index (χ2n) is 2.82. The molecule has 1 aromatic rings. The van der Waals surface area contributed by atoms with Crippen molar-refractivity contribution in [3.63, 3.8) is 0 Å². The van der Waals surface area contributed by atoms with Crippen molar-refractivity contribution in [1.29, 1.82) is 0 Å². The summed E-state index contributed by atoms with van der Waals surface area (Å²) in [5, 5.41) is 7.46. The largest absolute Gasteiger partial charge is 0.329 e. The van der Waals surface area contributed by atoms with Crippen LogP contribution >= 0.6 is 0 Å². The molecule has 0 radical (unpaired) electrons. The highest BCUT2D eigenvalue weighted by atomic mass is 16.6. The molecule has 12 heavy (non-hydrogen) atoms. The maximum Gasteiger partial charge on any atom is 0.122 e. The predicted octanol–water partition coefficient (Wildman–Crippen LogP) is -0.231. The number of aryl methyl sites for hydroxylation is 1. The van der Waals surface area contributed by atoms with Crippen LogP contribution in [0.25, 0.3) is 0 Å². The number of rotatable bonds is 4. The van der Waals surface area contributed by atoms with Gasteiger partial charge in [0, 0.05) is 19.6 Å². The van der Waals surface area contributed by atoms with Crippen LogP contribution in [0.2, 0.25) is 0 Å². The van der Waals surface area contributed by atoms with Crippen molar-refractivity contribution >= 4 is 0 Å². The Morgan fingerprint density at radius 1 is 1.50 bits per heavy atom. The Labute approximate surface area is 71.5 Å². The quantitative estimate of drug-likeness (QED) is 0.676. The smallest absolute Gasteiger partial charge is 0.122 e. The number of nitrogens with two attached hydrogens (primary N) is 1.